The maximum absolute atomic E-state index is 13.4. The van der Waals surface area contributed by atoms with E-state index in [2.05, 4.69) is 39.6 Å². The van der Waals surface area contributed by atoms with E-state index < -0.39 is 5.82 Å². The molecule has 0 unspecified atom stereocenters. The lowest BCUT2D eigenvalue weighted by Crippen LogP contribution is -2.35. The van der Waals surface area contributed by atoms with Gasteiger partial charge < -0.3 is 5.32 Å². The molecule has 1 aliphatic rings. The lowest BCUT2D eigenvalue weighted by atomic mass is 10.0. The second kappa shape index (κ2) is 8.35. The first-order valence-corrected chi connectivity index (χ1v) is 9.56. The highest BCUT2D eigenvalue weighted by molar-refractivity contribution is 6.03. The van der Waals surface area contributed by atoms with Crippen molar-refractivity contribution in [1.82, 2.24) is 14.7 Å². The van der Waals surface area contributed by atoms with Gasteiger partial charge in [0.05, 0.1) is 12.2 Å². The number of rotatable bonds is 5. The zero-order valence-electron chi connectivity index (χ0n) is 15.6. The van der Waals surface area contributed by atoms with E-state index in [0.717, 1.165) is 32.5 Å². The Balaban J connectivity index is 1.37. The second-order valence-corrected chi connectivity index (χ2v) is 7.12. The van der Waals surface area contributed by atoms with Gasteiger partial charge in [0.1, 0.15) is 11.6 Å². The van der Waals surface area contributed by atoms with E-state index >= 15 is 0 Å². The number of aromatic nitrogens is 2. The standard InChI is InChI=1S/C22H23FN4O/c23-19-8-4-7-18(15-19)22(28)25-21-9-12-24-27(21)20-10-13-26(14-11-20)16-17-5-2-1-3-6-17/h1-9,12,15,20H,10-11,13-14,16H2,(H,25,28). The summed E-state index contributed by atoms with van der Waals surface area (Å²) in [4.78, 5) is 14.9. The van der Waals surface area contributed by atoms with Crippen molar-refractivity contribution in [1.29, 1.82) is 0 Å². The summed E-state index contributed by atoms with van der Waals surface area (Å²) in [6, 6.07) is 18.2. The van der Waals surface area contributed by atoms with E-state index in [-0.39, 0.29) is 11.9 Å². The normalized spacial score (nSPS) is 15.5. The zero-order chi connectivity index (χ0) is 19.3. The van der Waals surface area contributed by atoms with Crippen LogP contribution in [0.3, 0.4) is 0 Å². The van der Waals surface area contributed by atoms with Gasteiger partial charge in [-0.25, -0.2) is 9.07 Å². The predicted molar refractivity (Wildman–Crippen MR) is 107 cm³/mol. The minimum absolute atomic E-state index is 0.241. The van der Waals surface area contributed by atoms with Gasteiger partial charge in [-0.05, 0) is 36.6 Å². The van der Waals surface area contributed by atoms with Gasteiger partial charge in [-0.3, -0.25) is 9.69 Å². The molecule has 0 radical (unpaired) electrons. The molecule has 4 rings (SSSR count). The van der Waals surface area contributed by atoms with Gasteiger partial charge in [-0.1, -0.05) is 36.4 Å². The molecule has 2 aromatic carbocycles. The van der Waals surface area contributed by atoms with Gasteiger partial charge in [0.25, 0.3) is 5.91 Å². The number of nitrogens with one attached hydrogen (secondary N) is 1. The van der Waals surface area contributed by atoms with E-state index in [4.69, 9.17) is 0 Å². The summed E-state index contributed by atoms with van der Waals surface area (Å²) in [6.07, 6.45) is 3.63. The molecule has 0 atom stereocenters. The number of nitrogens with zero attached hydrogens (tertiary/aromatic N) is 3. The molecule has 0 saturated carbocycles. The third-order valence-electron chi connectivity index (χ3n) is 5.15. The lowest BCUT2D eigenvalue weighted by molar-refractivity contribution is 0.102. The summed E-state index contributed by atoms with van der Waals surface area (Å²) >= 11 is 0. The van der Waals surface area contributed by atoms with E-state index in [0.29, 0.717) is 11.4 Å². The SMILES string of the molecule is O=C(Nc1ccnn1C1CCN(Cc2ccccc2)CC1)c1cccc(F)c1. The molecule has 1 fully saturated rings. The number of carbonyl (C=O) groups is 1. The van der Waals surface area contributed by atoms with Crippen molar-refractivity contribution >= 4 is 11.7 Å². The number of likely N-dealkylation sites (tertiary alicyclic amines) is 1. The second-order valence-electron chi connectivity index (χ2n) is 7.12. The summed E-state index contributed by atoms with van der Waals surface area (Å²) in [5.74, 6) is -0.106. The molecule has 0 aliphatic carbocycles. The van der Waals surface area contributed by atoms with Gasteiger partial charge in [-0.2, -0.15) is 5.10 Å². The Morgan fingerprint density at radius 2 is 1.86 bits per heavy atom. The number of anilines is 1. The minimum atomic E-state index is -0.424. The minimum Gasteiger partial charge on any atom is -0.307 e. The number of piperidine rings is 1. The molecule has 28 heavy (non-hydrogen) atoms. The van der Waals surface area contributed by atoms with Crippen molar-refractivity contribution in [2.75, 3.05) is 18.4 Å². The van der Waals surface area contributed by atoms with Crippen LogP contribution in [0.25, 0.3) is 0 Å². The molecule has 0 spiro atoms. The Kier molecular flexibility index (Phi) is 5.48. The summed E-state index contributed by atoms with van der Waals surface area (Å²) in [6.45, 7) is 2.92. The van der Waals surface area contributed by atoms with Crippen LogP contribution in [0.4, 0.5) is 10.2 Å². The highest BCUT2D eigenvalue weighted by Gasteiger charge is 2.23. The van der Waals surface area contributed by atoms with Crippen LogP contribution >= 0.6 is 0 Å². The van der Waals surface area contributed by atoms with Gasteiger partial charge in [0.2, 0.25) is 0 Å². The molecule has 1 aliphatic heterocycles. The molecule has 3 aromatic rings. The van der Waals surface area contributed by atoms with Gasteiger partial charge in [-0.15, -0.1) is 0 Å². The Hall–Kier alpha value is -2.99. The Morgan fingerprint density at radius 1 is 1.07 bits per heavy atom. The molecule has 1 amide bonds. The third kappa shape index (κ3) is 4.28. The Morgan fingerprint density at radius 3 is 2.61 bits per heavy atom. The van der Waals surface area contributed by atoms with E-state index in [1.54, 1.807) is 18.3 Å². The van der Waals surface area contributed by atoms with Crippen LogP contribution in [0.5, 0.6) is 0 Å². The first kappa shape index (κ1) is 18.4. The van der Waals surface area contributed by atoms with Crippen LogP contribution in [0, 0.1) is 5.82 Å². The van der Waals surface area contributed by atoms with Crippen molar-refractivity contribution < 1.29 is 9.18 Å². The van der Waals surface area contributed by atoms with Crippen molar-refractivity contribution in [3.63, 3.8) is 0 Å². The Labute approximate surface area is 163 Å². The molecular formula is C22H23FN4O. The van der Waals surface area contributed by atoms with Gasteiger partial charge in [0, 0.05) is 31.3 Å². The molecule has 5 nitrogen and oxygen atoms in total. The maximum atomic E-state index is 13.4. The van der Waals surface area contributed by atoms with Gasteiger partial charge in [0.15, 0.2) is 0 Å². The number of amides is 1. The monoisotopic (exact) mass is 378 g/mol. The van der Waals surface area contributed by atoms with Crippen molar-refractivity contribution in [2.45, 2.75) is 25.4 Å². The first-order chi connectivity index (χ1) is 13.7. The van der Waals surface area contributed by atoms with Crippen LogP contribution in [-0.4, -0.2) is 33.7 Å². The lowest BCUT2D eigenvalue weighted by Gasteiger charge is -2.32. The summed E-state index contributed by atoms with van der Waals surface area (Å²) in [7, 11) is 0. The molecule has 144 valence electrons. The van der Waals surface area contributed by atoms with Crippen LogP contribution in [0.15, 0.2) is 66.9 Å². The highest BCUT2D eigenvalue weighted by Crippen LogP contribution is 2.26. The molecule has 0 bridgehead atoms. The molecule has 2 heterocycles. The fourth-order valence-electron chi connectivity index (χ4n) is 3.69. The largest absolute Gasteiger partial charge is 0.307 e. The summed E-state index contributed by atoms with van der Waals surface area (Å²) in [5.41, 5.74) is 1.62. The van der Waals surface area contributed by atoms with Crippen LogP contribution < -0.4 is 5.32 Å². The molecule has 1 N–H and O–H groups in total. The first-order valence-electron chi connectivity index (χ1n) is 9.56. The maximum Gasteiger partial charge on any atom is 0.256 e. The zero-order valence-corrected chi connectivity index (χ0v) is 15.6. The number of hydrogen-bond acceptors (Lipinski definition) is 3. The third-order valence-corrected chi connectivity index (χ3v) is 5.15. The van der Waals surface area contributed by atoms with Gasteiger partial charge >= 0.3 is 0 Å². The predicted octanol–water partition coefficient (Wildman–Crippen LogP) is 4.11. The van der Waals surface area contributed by atoms with E-state index in [1.807, 2.05) is 10.7 Å². The highest BCUT2D eigenvalue weighted by atomic mass is 19.1. The molecule has 1 saturated heterocycles. The number of carbonyl (C=O) groups excluding carboxylic acids is 1. The fraction of sp³-hybridized carbons (Fsp3) is 0.273. The number of benzene rings is 2. The van der Waals surface area contributed by atoms with Crippen LogP contribution in [0.2, 0.25) is 0 Å². The average molecular weight is 378 g/mol. The summed E-state index contributed by atoms with van der Waals surface area (Å²) in [5, 5.41) is 7.29. The topological polar surface area (TPSA) is 50.2 Å². The molecule has 1 aromatic heterocycles. The smallest absolute Gasteiger partial charge is 0.256 e. The van der Waals surface area contributed by atoms with Crippen molar-refractivity contribution in [3.05, 3.63) is 83.8 Å². The van der Waals surface area contributed by atoms with Crippen molar-refractivity contribution in [3.8, 4) is 0 Å². The van der Waals surface area contributed by atoms with Crippen LogP contribution in [-0.2, 0) is 6.54 Å². The number of halogens is 1. The quantitative estimate of drug-likeness (QED) is 0.727. The fourth-order valence-corrected chi connectivity index (χ4v) is 3.69. The summed E-state index contributed by atoms with van der Waals surface area (Å²) < 4.78 is 15.3. The molecular weight excluding hydrogens is 355 g/mol. The Bertz CT molecular complexity index is 932. The number of hydrogen-bond donors (Lipinski definition) is 1. The average Bonchev–Trinajstić information content (AvgIpc) is 3.17. The van der Waals surface area contributed by atoms with Crippen molar-refractivity contribution in [2.24, 2.45) is 0 Å². The van der Waals surface area contributed by atoms with Crippen LogP contribution in [0.1, 0.15) is 34.8 Å². The van der Waals surface area contributed by atoms with E-state index in [1.165, 1.54) is 23.8 Å². The van der Waals surface area contributed by atoms with E-state index in [9.17, 15) is 9.18 Å². The molecule has 6 heteroatoms.